The van der Waals surface area contributed by atoms with E-state index in [1.165, 1.54) is 40.7 Å². The molecular formula is C20H16N2O5S. The molecule has 0 saturated carbocycles. The number of esters is 1. The third kappa shape index (κ3) is 3.72. The Morgan fingerprint density at radius 1 is 1.11 bits per heavy atom. The molecule has 1 aromatic heterocycles. The lowest BCUT2D eigenvalue weighted by Crippen LogP contribution is -2.20. The van der Waals surface area contributed by atoms with E-state index in [4.69, 9.17) is 4.74 Å². The number of hydrogen-bond acceptors (Lipinski definition) is 6. The van der Waals surface area contributed by atoms with E-state index in [0.717, 1.165) is 24.0 Å². The lowest BCUT2D eigenvalue weighted by molar-refractivity contribution is -0.384. The van der Waals surface area contributed by atoms with Gasteiger partial charge in [0.05, 0.1) is 4.92 Å². The number of nitrogens with one attached hydrogen (secondary N) is 1. The third-order valence-corrected chi connectivity index (χ3v) is 5.72. The average Bonchev–Trinajstić information content (AvgIpc) is 3.31. The maximum absolute atomic E-state index is 12.2. The SMILES string of the molecule is O=C(COC(=O)c1cc2cc([N+](=O)[O-])ccc2s1)Nc1ccc2c(c1)CCC2. The van der Waals surface area contributed by atoms with Crippen molar-refractivity contribution in [1.29, 1.82) is 0 Å². The number of nitrogens with zero attached hydrogens (tertiary/aromatic N) is 1. The molecule has 3 aromatic rings. The predicted octanol–water partition coefficient (Wildman–Crippen LogP) is 4.09. The number of benzene rings is 2. The molecule has 2 aromatic carbocycles. The Bertz CT molecular complexity index is 1110. The number of fused-ring (bicyclic) bond motifs is 2. The second-order valence-electron chi connectivity index (χ2n) is 6.55. The predicted molar refractivity (Wildman–Crippen MR) is 106 cm³/mol. The van der Waals surface area contributed by atoms with Gasteiger partial charge in [0.1, 0.15) is 4.88 Å². The summed E-state index contributed by atoms with van der Waals surface area (Å²) in [5.41, 5.74) is 3.21. The van der Waals surface area contributed by atoms with Gasteiger partial charge in [-0.25, -0.2) is 4.79 Å². The highest BCUT2D eigenvalue weighted by molar-refractivity contribution is 7.20. The minimum absolute atomic E-state index is 0.0426. The van der Waals surface area contributed by atoms with Crippen LogP contribution in [-0.2, 0) is 22.4 Å². The molecule has 8 heteroatoms. The Labute approximate surface area is 164 Å². The Hall–Kier alpha value is -3.26. The van der Waals surface area contributed by atoms with Crippen molar-refractivity contribution in [3.8, 4) is 0 Å². The Morgan fingerprint density at radius 2 is 1.93 bits per heavy atom. The van der Waals surface area contributed by atoms with Crippen LogP contribution in [-0.4, -0.2) is 23.4 Å². The van der Waals surface area contributed by atoms with E-state index in [-0.39, 0.29) is 5.69 Å². The molecular weight excluding hydrogens is 380 g/mol. The van der Waals surface area contributed by atoms with Crippen LogP contribution in [0.2, 0.25) is 0 Å². The molecule has 0 saturated heterocycles. The highest BCUT2D eigenvalue weighted by atomic mass is 32.1. The van der Waals surface area contributed by atoms with Crippen LogP contribution in [0.1, 0.15) is 27.2 Å². The lowest BCUT2D eigenvalue weighted by atomic mass is 10.1. The van der Waals surface area contributed by atoms with Crippen molar-refractivity contribution < 1.29 is 19.2 Å². The number of nitro groups is 1. The lowest BCUT2D eigenvalue weighted by Gasteiger charge is -2.08. The van der Waals surface area contributed by atoms with Crippen LogP contribution in [0.5, 0.6) is 0 Å². The van der Waals surface area contributed by atoms with Gasteiger partial charge in [0.25, 0.3) is 11.6 Å². The van der Waals surface area contributed by atoms with Crippen molar-refractivity contribution in [3.63, 3.8) is 0 Å². The van der Waals surface area contributed by atoms with Crippen LogP contribution in [0, 0.1) is 10.1 Å². The summed E-state index contributed by atoms with van der Waals surface area (Å²) in [5.74, 6) is -1.05. The quantitative estimate of drug-likeness (QED) is 0.398. The number of aryl methyl sites for hydroxylation is 2. The Morgan fingerprint density at radius 3 is 2.75 bits per heavy atom. The van der Waals surface area contributed by atoms with Crippen molar-refractivity contribution >= 4 is 44.7 Å². The second kappa shape index (κ2) is 7.40. The first-order valence-corrected chi connectivity index (χ1v) is 9.58. The topological polar surface area (TPSA) is 98.5 Å². The molecule has 1 heterocycles. The fraction of sp³-hybridized carbons (Fsp3) is 0.200. The molecule has 1 aliphatic carbocycles. The summed E-state index contributed by atoms with van der Waals surface area (Å²) in [4.78, 5) is 35.0. The maximum Gasteiger partial charge on any atom is 0.348 e. The fourth-order valence-electron chi connectivity index (χ4n) is 3.29. The Balaban J connectivity index is 1.37. The summed E-state index contributed by atoms with van der Waals surface area (Å²) in [6.45, 7) is -0.399. The normalized spacial score (nSPS) is 12.6. The van der Waals surface area contributed by atoms with Crippen molar-refractivity contribution in [2.75, 3.05) is 11.9 Å². The molecule has 0 unspecified atom stereocenters. The molecule has 7 nitrogen and oxygen atoms in total. The number of rotatable bonds is 5. The summed E-state index contributed by atoms with van der Waals surface area (Å²) < 4.78 is 5.82. The van der Waals surface area contributed by atoms with Gasteiger partial charge in [-0.1, -0.05) is 6.07 Å². The molecule has 0 radical (unpaired) electrons. The zero-order chi connectivity index (χ0) is 19.7. The Kier molecular flexibility index (Phi) is 4.79. The second-order valence-corrected chi connectivity index (χ2v) is 7.64. The molecule has 0 spiro atoms. The van der Waals surface area contributed by atoms with Gasteiger partial charge in [-0.05, 0) is 54.7 Å². The highest BCUT2D eigenvalue weighted by Crippen LogP contribution is 2.29. The fourth-order valence-corrected chi connectivity index (χ4v) is 4.23. The number of carbonyl (C=O) groups is 2. The van der Waals surface area contributed by atoms with Gasteiger partial charge >= 0.3 is 5.97 Å². The first kappa shape index (κ1) is 18.1. The van der Waals surface area contributed by atoms with Gasteiger partial charge in [-0.3, -0.25) is 14.9 Å². The van der Waals surface area contributed by atoms with Crippen molar-refractivity contribution in [2.45, 2.75) is 19.3 Å². The minimum atomic E-state index is -0.632. The molecule has 1 N–H and O–H groups in total. The van der Waals surface area contributed by atoms with E-state index < -0.39 is 23.4 Å². The van der Waals surface area contributed by atoms with Gasteiger partial charge in [-0.15, -0.1) is 11.3 Å². The van der Waals surface area contributed by atoms with Crippen LogP contribution in [0.4, 0.5) is 11.4 Å². The third-order valence-electron chi connectivity index (χ3n) is 4.63. The minimum Gasteiger partial charge on any atom is -0.451 e. The van der Waals surface area contributed by atoms with E-state index in [1.807, 2.05) is 18.2 Å². The van der Waals surface area contributed by atoms with E-state index in [0.29, 0.717) is 16.0 Å². The van der Waals surface area contributed by atoms with E-state index in [1.54, 1.807) is 6.07 Å². The van der Waals surface area contributed by atoms with Gasteiger partial charge in [0, 0.05) is 27.9 Å². The first-order chi connectivity index (χ1) is 13.5. The smallest absolute Gasteiger partial charge is 0.348 e. The summed E-state index contributed by atoms with van der Waals surface area (Å²) >= 11 is 1.17. The van der Waals surface area contributed by atoms with Gasteiger partial charge < -0.3 is 10.1 Å². The number of nitro benzene ring substituents is 1. The zero-order valence-corrected chi connectivity index (χ0v) is 15.6. The largest absolute Gasteiger partial charge is 0.451 e. The van der Waals surface area contributed by atoms with E-state index in [9.17, 15) is 19.7 Å². The van der Waals surface area contributed by atoms with Gasteiger partial charge in [0.2, 0.25) is 0 Å². The number of amides is 1. The van der Waals surface area contributed by atoms with Crippen LogP contribution in [0.15, 0.2) is 42.5 Å². The standard InChI is InChI=1S/C20H16N2O5S/c23-19(21-15-5-4-12-2-1-3-13(12)8-15)11-27-20(24)18-10-14-9-16(22(25)26)6-7-17(14)28-18/h4-10H,1-3,11H2,(H,21,23). The van der Waals surface area contributed by atoms with Crippen LogP contribution >= 0.6 is 11.3 Å². The number of ether oxygens (including phenoxy) is 1. The molecule has 0 aliphatic heterocycles. The highest BCUT2D eigenvalue weighted by Gasteiger charge is 2.16. The van der Waals surface area contributed by atoms with Crippen molar-refractivity contribution in [3.05, 3.63) is 68.6 Å². The summed E-state index contributed by atoms with van der Waals surface area (Å²) in [7, 11) is 0. The van der Waals surface area contributed by atoms with Gasteiger partial charge in [-0.2, -0.15) is 0 Å². The van der Waals surface area contributed by atoms with Crippen molar-refractivity contribution in [2.24, 2.45) is 0 Å². The zero-order valence-electron chi connectivity index (χ0n) is 14.8. The summed E-state index contributed by atoms with van der Waals surface area (Å²) in [6.07, 6.45) is 3.21. The number of hydrogen-bond donors (Lipinski definition) is 1. The van der Waals surface area contributed by atoms with Crippen LogP contribution in [0.25, 0.3) is 10.1 Å². The summed E-state index contributed by atoms with van der Waals surface area (Å²) in [5, 5.41) is 14.2. The molecule has 1 aliphatic rings. The molecule has 1 amide bonds. The molecule has 28 heavy (non-hydrogen) atoms. The molecule has 142 valence electrons. The van der Waals surface area contributed by atoms with Gasteiger partial charge in [0.15, 0.2) is 6.61 Å². The van der Waals surface area contributed by atoms with Crippen molar-refractivity contribution in [1.82, 2.24) is 0 Å². The number of carbonyl (C=O) groups excluding carboxylic acids is 2. The molecule has 0 fully saturated rings. The van der Waals surface area contributed by atoms with E-state index >= 15 is 0 Å². The van der Waals surface area contributed by atoms with Crippen LogP contribution in [0.3, 0.4) is 0 Å². The number of non-ortho nitro benzene ring substituents is 1. The van der Waals surface area contributed by atoms with E-state index in [2.05, 4.69) is 5.32 Å². The molecule has 0 atom stereocenters. The monoisotopic (exact) mass is 396 g/mol. The molecule has 0 bridgehead atoms. The number of thiophene rings is 1. The average molecular weight is 396 g/mol. The maximum atomic E-state index is 12.2. The first-order valence-electron chi connectivity index (χ1n) is 8.76. The molecule has 4 rings (SSSR count). The number of anilines is 1. The van der Waals surface area contributed by atoms with Crippen LogP contribution < -0.4 is 5.32 Å². The summed E-state index contributed by atoms with van der Waals surface area (Å²) in [6, 6.07) is 11.7.